The van der Waals surface area contributed by atoms with Crippen LogP contribution in [0.3, 0.4) is 0 Å². The summed E-state index contributed by atoms with van der Waals surface area (Å²) < 4.78 is 0. The summed E-state index contributed by atoms with van der Waals surface area (Å²) in [7, 11) is 0. The van der Waals surface area contributed by atoms with E-state index in [1.807, 2.05) is 54.6 Å². The lowest BCUT2D eigenvalue weighted by atomic mass is 10.0. The van der Waals surface area contributed by atoms with E-state index in [9.17, 15) is 9.59 Å². The Bertz CT molecular complexity index is 975. The van der Waals surface area contributed by atoms with Crippen molar-refractivity contribution in [3.05, 3.63) is 88.4 Å². The molecule has 0 spiro atoms. The third-order valence-corrected chi connectivity index (χ3v) is 4.62. The Morgan fingerprint density at radius 1 is 0.815 bits per heavy atom. The van der Waals surface area contributed by atoms with Gasteiger partial charge >= 0.3 is 0 Å². The molecule has 0 heterocycles. The summed E-state index contributed by atoms with van der Waals surface area (Å²) in [4.78, 5) is 24.4. The van der Waals surface area contributed by atoms with E-state index in [0.29, 0.717) is 16.3 Å². The van der Waals surface area contributed by atoms with Crippen LogP contribution >= 0.6 is 23.2 Å². The Kier molecular flexibility index (Phi) is 6.12. The number of carbonyl (C=O) groups is 2. The lowest BCUT2D eigenvalue weighted by Crippen LogP contribution is -2.32. The molecule has 0 unspecified atom stereocenters. The van der Waals surface area contributed by atoms with E-state index in [4.69, 9.17) is 23.2 Å². The Balaban J connectivity index is 1.65. The molecule has 0 saturated carbocycles. The fourth-order valence-corrected chi connectivity index (χ4v) is 2.85. The summed E-state index contributed by atoms with van der Waals surface area (Å²) in [5, 5.41) is 6.05. The van der Waals surface area contributed by atoms with Crippen LogP contribution in [0.4, 0.5) is 5.69 Å². The number of carbonyl (C=O) groups excluding carboxylic acids is 2. The number of para-hydroxylation sites is 1. The van der Waals surface area contributed by atoms with E-state index in [-0.39, 0.29) is 17.5 Å². The van der Waals surface area contributed by atoms with Crippen LogP contribution in [0, 0.1) is 0 Å². The minimum absolute atomic E-state index is 0.164. The van der Waals surface area contributed by atoms with Gasteiger partial charge in [0, 0.05) is 16.8 Å². The van der Waals surface area contributed by atoms with Crippen molar-refractivity contribution in [2.24, 2.45) is 0 Å². The Hall–Kier alpha value is -2.82. The summed E-state index contributed by atoms with van der Waals surface area (Å²) in [5.41, 5.74) is 2.91. The maximum absolute atomic E-state index is 12.3. The van der Waals surface area contributed by atoms with Gasteiger partial charge in [-0.15, -0.1) is 0 Å². The average Bonchev–Trinajstić information content (AvgIpc) is 2.69. The molecule has 2 N–H and O–H groups in total. The standard InChI is InChI=1S/C21H16Cl2N2O2/c22-17-11-10-15(12-18(17)23)21(27)24-13-20(26)25-19-9-5-4-8-16(19)14-6-2-1-3-7-14/h1-12H,13H2,(H,24,27)(H,25,26). The van der Waals surface area contributed by atoms with Crippen LogP contribution in [-0.2, 0) is 4.79 Å². The zero-order chi connectivity index (χ0) is 19.2. The molecule has 0 aliphatic heterocycles. The van der Waals surface area contributed by atoms with Crippen molar-refractivity contribution in [2.75, 3.05) is 11.9 Å². The molecule has 0 aliphatic rings. The molecule has 4 nitrogen and oxygen atoms in total. The predicted molar refractivity (Wildman–Crippen MR) is 109 cm³/mol. The van der Waals surface area contributed by atoms with E-state index in [1.54, 1.807) is 6.07 Å². The number of benzene rings is 3. The minimum atomic E-state index is -0.403. The molecule has 136 valence electrons. The average molecular weight is 399 g/mol. The van der Waals surface area contributed by atoms with Crippen molar-refractivity contribution in [2.45, 2.75) is 0 Å². The first kappa shape index (κ1) is 19.0. The van der Waals surface area contributed by atoms with Gasteiger partial charge in [0.05, 0.1) is 16.6 Å². The molecule has 0 aromatic heterocycles. The van der Waals surface area contributed by atoms with E-state index >= 15 is 0 Å². The predicted octanol–water partition coefficient (Wildman–Crippen LogP) is 5.03. The maximum atomic E-state index is 12.3. The Morgan fingerprint density at radius 3 is 2.26 bits per heavy atom. The lowest BCUT2D eigenvalue weighted by Gasteiger charge is -2.12. The van der Waals surface area contributed by atoms with Crippen LogP contribution in [0.15, 0.2) is 72.8 Å². The van der Waals surface area contributed by atoms with Gasteiger partial charge in [0.1, 0.15) is 0 Å². The molecule has 0 bridgehead atoms. The first-order chi connectivity index (χ1) is 13.0. The number of hydrogen-bond donors (Lipinski definition) is 2. The van der Waals surface area contributed by atoms with Crippen LogP contribution < -0.4 is 10.6 Å². The van der Waals surface area contributed by atoms with Crippen molar-refractivity contribution >= 4 is 40.7 Å². The van der Waals surface area contributed by atoms with Crippen molar-refractivity contribution in [3.8, 4) is 11.1 Å². The molecule has 3 rings (SSSR count). The second kappa shape index (κ2) is 8.71. The summed E-state index contributed by atoms with van der Waals surface area (Å²) in [6.07, 6.45) is 0. The summed E-state index contributed by atoms with van der Waals surface area (Å²) >= 11 is 11.8. The van der Waals surface area contributed by atoms with Crippen LogP contribution in [0.2, 0.25) is 10.0 Å². The van der Waals surface area contributed by atoms with Crippen molar-refractivity contribution in [1.29, 1.82) is 0 Å². The molecule has 0 saturated heterocycles. The molecule has 0 atom stereocenters. The van der Waals surface area contributed by atoms with Crippen molar-refractivity contribution < 1.29 is 9.59 Å². The van der Waals surface area contributed by atoms with E-state index in [0.717, 1.165) is 11.1 Å². The van der Waals surface area contributed by atoms with Gasteiger partial charge in [-0.25, -0.2) is 0 Å². The number of rotatable bonds is 5. The van der Waals surface area contributed by atoms with Gasteiger partial charge in [0.2, 0.25) is 5.91 Å². The first-order valence-electron chi connectivity index (χ1n) is 8.22. The molecule has 6 heteroatoms. The monoisotopic (exact) mass is 398 g/mol. The van der Waals surface area contributed by atoms with Gasteiger partial charge in [-0.05, 0) is 29.8 Å². The Morgan fingerprint density at radius 2 is 1.52 bits per heavy atom. The molecule has 3 aromatic carbocycles. The van der Waals surface area contributed by atoms with E-state index in [2.05, 4.69) is 10.6 Å². The Labute approximate surface area is 167 Å². The van der Waals surface area contributed by atoms with Crippen molar-refractivity contribution in [1.82, 2.24) is 5.32 Å². The quantitative estimate of drug-likeness (QED) is 0.632. The lowest BCUT2D eigenvalue weighted by molar-refractivity contribution is -0.115. The molecular weight excluding hydrogens is 383 g/mol. The number of anilines is 1. The van der Waals surface area contributed by atoms with Gasteiger partial charge in [-0.1, -0.05) is 71.7 Å². The second-order valence-corrected chi connectivity index (χ2v) is 6.59. The molecule has 0 radical (unpaired) electrons. The van der Waals surface area contributed by atoms with Gasteiger partial charge < -0.3 is 10.6 Å². The summed E-state index contributed by atoms with van der Waals surface area (Å²) in [6, 6.07) is 21.8. The third kappa shape index (κ3) is 4.88. The topological polar surface area (TPSA) is 58.2 Å². The molecule has 0 aliphatic carbocycles. The molecule has 0 fully saturated rings. The third-order valence-electron chi connectivity index (χ3n) is 3.88. The SMILES string of the molecule is O=C(CNC(=O)c1ccc(Cl)c(Cl)c1)Nc1ccccc1-c1ccccc1. The second-order valence-electron chi connectivity index (χ2n) is 5.77. The van der Waals surface area contributed by atoms with Crippen LogP contribution in [0.5, 0.6) is 0 Å². The maximum Gasteiger partial charge on any atom is 0.251 e. The highest BCUT2D eigenvalue weighted by atomic mass is 35.5. The molecule has 27 heavy (non-hydrogen) atoms. The number of hydrogen-bond acceptors (Lipinski definition) is 2. The van der Waals surface area contributed by atoms with E-state index < -0.39 is 5.91 Å². The van der Waals surface area contributed by atoms with Crippen LogP contribution in [0.1, 0.15) is 10.4 Å². The van der Waals surface area contributed by atoms with Gasteiger partial charge in [-0.3, -0.25) is 9.59 Å². The minimum Gasteiger partial charge on any atom is -0.343 e. The van der Waals surface area contributed by atoms with E-state index in [1.165, 1.54) is 12.1 Å². The smallest absolute Gasteiger partial charge is 0.251 e. The molecular formula is C21H16Cl2N2O2. The fourth-order valence-electron chi connectivity index (χ4n) is 2.56. The summed E-state index contributed by atoms with van der Waals surface area (Å²) in [6.45, 7) is -0.164. The number of nitrogens with one attached hydrogen (secondary N) is 2. The number of halogens is 2. The number of amides is 2. The van der Waals surface area contributed by atoms with Gasteiger partial charge in [0.25, 0.3) is 5.91 Å². The van der Waals surface area contributed by atoms with Crippen LogP contribution in [-0.4, -0.2) is 18.4 Å². The fraction of sp³-hybridized carbons (Fsp3) is 0.0476. The normalized spacial score (nSPS) is 10.3. The highest BCUT2D eigenvalue weighted by molar-refractivity contribution is 6.42. The zero-order valence-electron chi connectivity index (χ0n) is 14.2. The molecule has 2 amide bonds. The highest BCUT2D eigenvalue weighted by Crippen LogP contribution is 2.27. The first-order valence-corrected chi connectivity index (χ1v) is 8.98. The van der Waals surface area contributed by atoms with Gasteiger partial charge in [-0.2, -0.15) is 0 Å². The van der Waals surface area contributed by atoms with Crippen molar-refractivity contribution in [3.63, 3.8) is 0 Å². The highest BCUT2D eigenvalue weighted by Gasteiger charge is 2.12. The summed E-state index contributed by atoms with van der Waals surface area (Å²) in [5.74, 6) is -0.730. The van der Waals surface area contributed by atoms with Gasteiger partial charge in [0.15, 0.2) is 0 Å². The molecule has 3 aromatic rings. The van der Waals surface area contributed by atoms with Crippen LogP contribution in [0.25, 0.3) is 11.1 Å². The largest absolute Gasteiger partial charge is 0.343 e. The zero-order valence-corrected chi connectivity index (χ0v) is 15.7.